The predicted octanol–water partition coefficient (Wildman–Crippen LogP) is 4.65. The molecule has 1 unspecified atom stereocenters. The van der Waals surface area contributed by atoms with Crippen molar-refractivity contribution in [2.45, 2.75) is 19.1 Å². The van der Waals surface area contributed by atoms with E-state index in [-0.39, 0.29) is 17.0 Å². The van der Waals surface area contributed by atoms with Crippen molar-refractivity contribution in [1.29, 1.82) is 10.5 Å². The minimum atomic E-state index is -4.55. The molecular formula is C20H13F3N4O. The van der Waals surface area contributed by atoms with Gasteiger partial charge >= 0.3 is 12.2 Å². The Hall–Kier alpha value is -3.78. The molecule has 0 saturated carbocycles. The second-order valence-corrected chi connectivity index (χ2v) is 6.11. The number of hydrogen-bond acceptors (Lipinski definition) is 3. The lowest BCUT2D eigenvalue weighted by atomic mass is 9.95. The van der Waals surface area contributed by atoms with Crippen molar-refractivity contribution >= 4 is 11.7 Å². The third kappa shape index (κ3) is 3.40. The zero-order valence-electron chi connectivity index (χ0n) is 14.6. The highest BCUT2D eigenvalue weighted by molar-refractivity contribution is 5.97. The van der Waals surface area contributed by atoms with Gasteiger partial charge in [-0.1, -0.05) is 18.2 Å². The molecule has 0 aliphatic carbocycles. The van der Waals surface area contributed by atoms with E-state index in [1.807, 2.05) is 12.1 Å². The van der Waals surface area contributed by atoms with Crippen LogP contribution in [0.2, 0.25) is 0 Å². The van der Waals surface area contributed by atoms with Gasteiger partial charge in [0, 0.05) is 5.70 Å². The average molecular weight is 382 g/mol. The van der Waals surface area contributed by atoms with Gasteiger partial charge in [-0.15, -0.1) is 0 Å². The molecule has 0 aromatic heterocycles. The fourth-order valence-electron chi connectivity index (χ4n) is 3.02. The molecule has 8 heteroatoms. The number of anilines is 1. The molecule has 0 saturated heterocycles. The van der Waals surface area contributed by atoms with E-state index in [0.717, 1.165) is 17.0 Å². The molecule has 2 aromatic carbocycles. The van der Waals surface area contributed by atoms with Crippen LogP contribution in [0, 0.1) is 22.7 Å². The van der Waals surface area contributed by atoms with Gasteiger partial charge in [0.15, 0.2) is 0 Å². The fraction of sp³-hybridized carbons (Fsp3) is 0.150. The number of carbonyl (C=O) groups is 1. The molecule has 140 valence electrons. The number of rotatable bonds is 2. The molecule has 1 atom stereocenters. The molecule has 0 fully saturated rings. The Morgan fingerprint density at radius 1 is 1.07 bits per heavy atom. The van der Waals surface area contributed by atoms with Crippen LogP contribution in [0.25, 0.3) is 0 Å². The second-order valence-electron chi connectivity index (χ2n) is 6.11. The number of allylic oxidation sites excluding steroid dienone is 1. The zero-order valence-corrected chi connectivity index (χ0v) is 14.6. The molecule has 1 aliphatic rings. The lowest BCUT2D eigenvalue weighted by molar-refractivity contribution is -0.137. The SMILES string of the molecule is CC1=C(C#N)C(c2ccc(C#N)cc2)NC(=O)N1c1cccc(C(F)(F)F)c1. The third-order valence-corrected chi connectivity index (χ3v) is 4.41. The summed E-state index contributed by atoms with van der Waals surface area (Å²) < 4.78 is 39.0. The van der Waals surface area contributed by atoms with Gasteiger partial charge in [-0.25, -0.2) is 4.79 Å². The van der Waals surface area contributed by atoms with E-state index in [4.69, 9.17) is 5.26 Å². The summed E-state index contributed by atoms with van der Waals surface area (Å²) >= 11 is 0. The van der Waals surface area contributed by atoms with Crippen LogP contribution in [0.4, 0.5) is 23.7 Å². The number of amides is 2. The first-order valence-corrected chi connectivity index (χ1v) is 8.15. The van der Waals surface area contributed by atoms with Crippen LogP contribution in [0.15, 0.2) is 59.8 Å². The molecule has 3 rings (SSSR count). The number of nitrogens with zero attached hydrogens (tertiary/aromatic N) is 3. The number of halogens is 3. The Morgan fingerprint density at radius 3 is 2.32 bits per heavy atom. The van der Waals surface area contributed by atoms with Crippen LogP contribution in [0.1, 0.15) is 29.7 Å². The first kappa shape index (κ1) is 19.0. The monoisotopic (exact) mass is 382 g/mol. The molecule has 5 nitrogen and oxygen atoms in total. The van der Waals surface area contributed by atoms with Gasteiger partial charge < -0.3 is 5.32 Å². The van der Waals surface area contributed by atoms with Gasteiger partial charge in [0.1, 0.15) is 0 Å². The van der Waals surface area contributed by atoms with Gasteiger partial charge in [0.05, 0.1) is 40.6 Å². The molecule has 2 amide bonds. The molecule has 0 bridgehead atoms. The lowest BCUT2D eigenvalue weighted by Gasteiger charge is -2.34. The molecule has 28 heavy (non-hydrogen) atoms. The quantitative estimate of drug-likeness (QED) is 0.821. The highest BCUT2D eigenvalue weighted by Crippen LogP contribution is 2.36. The minimum Gasteiger partial charge on any atom is -0.326 e. The molecule has 1 aliphatic heterocycles. The maximum atomic E-state index is 13.0. The molecule has 1 N–H and O–H groups in total. The van der Waals surface area contributed by atoms with Crippen LogP contribution in [0.5, 0.6) is 0 Å². The largest absolute Gasteiger partial charge is 0.416 e. The Labute approximate surface area is 158 Å². The third-order valence-electron chi connectivity index (χ3n) is 4.41. The second kappa shape index (κ2) is 7.09. The summed E-state index contributed by atoms with van der Waals surface area (Å²) in [5, 5.41) is 21.2. The van der Waals surface area contributed by atoms with Crippen molar-refractivity contribution in [2.24, 2.45) is 0 Å². The zero-order chi connectivity index (χ0) is 20.5. The number of urea groups is 1. The van der Waals surface area contributed by atoms with E-state index >= 15 is 0 Å². The van der Waals surface area contributed by atoms with E-state index in [1.165, 1.54) is 19.1 Å². The smallest absolute Gasteiger partial charge is 0.326 e. The van der Waals surface area contributed by atoms with Crippen molar-refractivity contribution in [3.8, 4) is 12.1 Å². The normalized spacial score (nSPS) is 17.0. The number of nitrogens with one attached hydrogen (secondary N) is 1. The van der Waals surface area contributed by atoms with Crippen molar-refractivity contribution in [3.63, 3.8) is 0 Å². The van der Waals surface area contributed by atoms with E-state index in [2.05, 4.69) is 5.32 Å². The van der Waals surface area contributed by atoms with Crippen molar-refractivity contribution in [1.82, 2.24) is 5.32 Å². The predicted molar refractivity (Wildman–Crippen MR) is 94.7 cm³/mol. The Balaban J connectivity index is 2.06. The topological polar surface area (TPSA) is 79.9 Å². The molecule has 1 heterocycles. The molecular weight excluding hydrogens is 369 g/mol. The minimum absolute atomic E-state index is 0.0100. The summed E-state index contributed by atoms with van der Waals surface area (Å²) in [5.74, 6) is 0. The number of carbonyl (C=O) groups excluding carboxylic acids is 1. The Bertz CT molecular complexity index is 1040. The summed E-state index contributed by atoms with van der Waals surface area (Å²) in [7, 11) is 0. The van der Waals surface area contributed by atoms with E-state index < -0.39 is 23.8 Å². The summed E-state index contributed by atoms with van der Waals surface area (Å²) in [6.07, 6.45) is -4.55. The summed E-state index contributed by atoms with van der Waals surface area (Å²) in [4.78, 5) is 13.7. The number of hydrogen-bond donors (Lipinski definition) is 1. The van der Waals surface area contributed by atoms with Crippen LogP contribution in [-0.4, -0.2) is 6.03 Å². The van der Waals surface area contributed by atoms with Crippen LogP contribution in [-0.2, 0) is 6.18 Å². The Kier molecular flexibility index (Phi) is 4.81. The molecule has 2 aromatic rings. The van der Waals surface area contributed by atoms with Gasteiger partial charge in [0.25, 0.3) is 0 Å². The van der Waals surface area contributed by atoms with Gasteiger partial charge in [-0.3, -0.25) is 4.90 Å². The van der Waals surface area contributed by atoms with E-state index in [9.17, 15) is 23.2 Å². The van der Waals surface area contributed by atoms with Gasteiger partial charge in [-0.2, -0.15) is 23.7 Å². The molecule has 0 spiro atoms. The summed E-state index contributed by atoms with van der Waals surface area (Å²) in [6.45, 7) is 1.51. The first-order chi connectivity index (χ1) is 13.3. The Morgan fingerprint density at radius 2 is 1.75 bits per heavy atom. The van der Waals surface area contributed by atoms with Crippen molar-refractivity contribution in [2.75, 3.05) is 4.90 Å². The van der Waals surface area contributed by atoms with Crippen LogP contribution in [0.3, 0.4) is 0 Å². The molecule has 0 radical (unpaired) electrons. The highest BCUT2D eigenvalue weighted by Gasteiger charge is 2.35. The average Bonchev–Trinajstić information content (AvgIpc) is 2.67. The summed E-state index contributed by atoms with van der Waals surface area (Å²) in [5.41, 5.74) is 0.568. The van der Waals surface area contributed by atoms with Gasteiger partial charge in [-0.05, 0) is 42.8 Å². The van der Waals surface area contributed by atoms with Crippen LogP contribution < -0.4 is 10.2 Å². The number of nitriles is 2. The fourth-order valence-corrected chi connectivity index (χ4v) is 3.02. The highest BCUT2D eigenvalue weighted by atomic mass is 19.4. The first-order valence-electron chi connectivity index (χ1n) is 8.15. The van der Waals surface area contributed by atoms with Gasteiger partial charge in [0.2, 0.25) is 0 Å². The number of benzene rings is 2. The maximum Gasteiger partial charge on any atom is 0.416 e. The van der Waals surface area contributed by atoms with E-state index in [0.29, 0.717) is 11.1 Å². The standard InChI is InChI=1S/C20H13F3N4O/c1-12-17(11-25)18(14-7-5-13(10-24)6-8-14)26-19(28)27(12)16-4-2-3-15(9-16)20(21,22)23/h2-9,18H,1H3,(H,26,28). The van der Waals surface area contributed by atoms with Crippen molar-refractivity contribution < 1.29 is 18.0 Å². The van der Waals surface area contributed by atoms with E-state index in [1.54, 1.807) is 24.3 Å². The maximum absolute atomic E-state index is 13.0. The number of alkyl halides is 3. The lowest BCUT2D eigenvalue weighted by Crippen LogP contribution is -2.46. The summed E-state index contributed by atoms with van der Waals surface area (Å²) in [6, 6.07) is 13.3. The van der Waals surface area contributed by atoms with Crippen molar-refractivity contribution in [3.05, 3.63) is 76.5 Å². The van der Waals surface area contributed by atoms with Crippen LogP contribution >= 0.6 is 0 Å².